The first-order valence-corrected chi connectivity index (χ1v) is 10.7. The molecule has 158 valence electrons. The summed E-state index contributed by atoms with van der Waals surface area (Å²) in [5.41, 5.74) is 0.981. The molecule has 2 unspecified atom stereocenters. The van der Waals surface area contributed by atoms with Crippen LogP contribution in [0.25, 0.3) is 5.65 Å². The Bertz CT molecular complexity index is 1090. The molecule has 0 saturated heterocycles. The van der Waals surface area contributed by atoms with E-state index in [4.69, 9.17) is 4.74 Å². The molecule has 4 aliphatic rings. The summed E-state index contributed by atoms with van der Waals surface area (Å²) in [6, 6.07) is 5.12. The Balaban J connectivity index is 1.36. The van der Waals surface area contributed by atoms with Crippen LogP contribution in [0.5, 0.6) is 0 Å². The Hall–Kier alpha value is -2.70. The van der Waals surface area contributed by atoms with Crippen LogP contribution in [0.2, 0.25) is 0 Å². The van der Waals surface area contributed by atoms with Crippen molar-refractivity contribution >= 4 is 17.5 Å². The van der Waals surface area contributed by atoms with Crippen LogP contribution in [0.1, 0.15) is 56.7 Å². The summed E-state index contributed by atoms with van der Waals surface area (Å²) < 4.78 is 7.23. The van der Waals surface area contributed by atoms with Gasteiger partial charge in [-0.15, -0.1) is 0 Å². The van der Waals surface area contributed by atoms with Crippen LogP contribution in [-0.4, -0.2) is 26.8 Å². The summed E-state index contributed by atoms with van der Waals surface area (Å²) >= 11 is 0. The number of nitrogens with one attached hydrogen (secondary N) is 1. The van der Waals surface area contributed by atoms with Crippen molar-refractivity contribution in [1.82, 2.24) is 14.7 Å². The van der Waals surface area contributed by atoms with Crippen molar-refractivity contribution in [2.75, 3.05) is 0 Å². The van der Waals surface area contributed by atoms with E-state index in [9.17, 15) is 14.4 Å². The number of carbonyl (C=O) groups excluding carboxylic acids is 2. The largest absolute Gasteiger partial charge is 0.459 e. The van der Waals surface area contributed by atoms with Crippen LogP contribution in [0, 0.1) is 24.2 Å². The highest BCUT2D eigenvalue weighted by atomic mass is 16.5. The van der Waals surface area contributed by atoms with E-state index in [1.807, 2.05) is 13.0 Å². The monoisotopic (exact) mass is 409 g/mol. The number of hydrogen-bond acceptors (Lipinski definition) is 5. The fraction of sp³-hybridized carbons (Fsp3) is 0.565. The Labute approximate surface area is 174 Å². The quantitative estimate of drug-likeness (QED) is 0.784. The summed E-state index contributed by atoms with van der Waals surface area (Å²) in [5, 5.41) is 3.17. The van der Waals surface area contributed by atoms with Crippen LogP contribution in [-0.2, 0) is 20.9 Å². The van der Waals surface area contributed by atoms with Crippen LogP contribution in [0.3, 0.4) is 0 Å². The van der Waals surface area contributed by atoms with Gasteiger partial charge in [-0.05, 0) is 68.9 Å². The molecule has 4 saturated carbocycles. The van der Waals surface area contributed by atoms with E-state index < -0.39 is 5.41 Å². The summed E-state index contributed by atoms with van der Waals surface area (Å²) in [6.45, 7) is 3.46. The molecular weight excluding hydrogens is 382 g/mol. The van der Waals surface area contributed by atoms with E-state index >= 15 is 0 Å². The minimum Gasteiger partial charge on any atom is -0.459 e. The van der Waals surface area contributed by atoms with E-state index in [-0.39, 0.29) is 29.6 Å². The molecule has 0 radical (unpaired) electrons. The number of rotatable bonds is 4. The second kappa shape index (κ2) is 6.65. The first-order valence-electron chi connectivity index (χ1n) is 10.7. The molecule has 1 N–H and O–H groups in total. The van der Waals surface area contributed by atoms with Gasteiger partial charge in [0.2, 0.25) is 5.91 Å². The second-order valence-corrected chi connectivity index (χ2v) is 9.80. The van der Waals surface area contributed by atoms with Gasteiger partial charge in [-0.25, -0.2) is 4.98 Å². The lowest BCUT2D eigenvalue weighted by molar-refractivity contribution is -0.177. The summed E-state index contributed by atoms with van der Waals surface area (Å²) in [4.78, 5) is 41.9. The number of carbonyl (C=O) groups is 2. The zero-order valence-corrected chi connectivity index (χ0v) is 17.4. The predicted molar refractivity (Wildman–Crippen MR) is 110 cm³/mol. The van der Waals surface area contributed by atoms with E-state index in [0.717, 1.165) is 37.7 Å². The highest BCUT2D eigenvalue weighted by Crippen LogP contribution is 2.62. The van der Waals surface area contributed by atoms with E-state index in [2.05, 4.69) is 10.3 Å². The zero-order valence-electron chi connectivity index (χ0n) is 17.4. The molecule has 7 nitrogen and oxygen atoms in total. The molecule has 4 bridgehead atoms. The fourth-order valence-electron chi connectivity index (χ4n) is 6.65. The van der Waals surface area contributed by atoms with Gasteiger partial charge in [0, 0.05) is 24.7 Å². The van der Waals surface area contributed by atoms with Gasteiger partial charge in [-0.2, -0.15) is 0 Å². The van der Waals surface area contributed by atoms with Crippen molar-refractivity contribution in [2.45, 2.75) is 64.5 Å². The van der Waals surface area contributed by atoms with Gasteiger partial charge in [-0.3, -0.25) is 18.8 Å². The van der Waals surface area contributed by atoms with Crippen molar-refractivity contribution in [3.63, 3.8) is 0 Å². The molecule has 2 aromatic rings. The van der Waals surface area contributed by atoms with E-state index in [1.54, 1.807) is 19.2 Å². The Morgan fingerprint density at radius 3 is 2.67 bits per heavy atom. The SMILES string of the molecule is CC(=O)NC12CC3CC(C1)CC(C(=O)OCc1cc(=O)n4cc(C)ccc4n1)(C3)C2. The summed E-state index contributed by atoms with van der Waals surface area (Å²) in [5.74, 6) is 0.670. The van der Waals surface area contributed by atoms with Gasteiger partial charge in [0.05, 0.1) is 11.1 Å². The molecule has 4 aliphatic carbocycles. The molecule has 0 aliphatic heterocycles. The number of aryl methyl sites for hydroxylation is 1. The number of ether oxygens (including phenoxy) is 1. The van der Waals surface area contributed by atoms with Crippen molar-refractivity contribution in [2.24, 2.45) is 17.3 Å². The maximum absolute atomic E-state index is 13.2. The molecular formula is C23H27N3O4. The molecule has 2 aromatic heterocycles. The molecule has 30 heavy (non-hydrogen) atoms. The number of amides is 1. The lowest BCUT2D eigenvalue weighted by atomic mass is 9.47. The molecule has 1 amide bonds. The third-order valence-corrected chi connectivity index (χ3v) is 7.15. The summed E-state index contributed by atoms with van der Waals surface area (Å²) in [7, 11) is 0. The predicted octanol–water partition coefficient (Wildman–Crippen LogP) is 2.52. The first kappa shape index (κ1) is 19.3. The lowest BCUT2D eigenvalue weighted by Crippen LogP contribution is -2.64. The van der Waals surface area contributed by atoms with E-state index in [0.29, 0.717) is 29.6 Å². The van der Waals surface area contributed by atoms with Crippen LogP contribution < -0.4 is 10.9 Å². The molecule has 6 rings (SSSR count). The van der Waals surface area contributed by atoms with Gasteiger partial charge in [-0.1, -0.05) is 6.07 Å². The maximum atomic E-state index is 13.2. The minimum atomic E-state index is -0.532. The van der Waals surface area contributed by atoms with Gasteiger partial charge in [0.1, 0.15) is 12.3 Å². The molecule has 7 heteroatoms. The number of esters is 1. The van der Waals surface area contributed by atoms with Crippen molar-refractivity contribution in [3.05, 3.63) is 46.0 Å². The highest BCUT2D eigenvalue weighted by molar-refractivity contribution is 5.79. The number of nitrogens with zero attached hydrogens (tertiary/aromatic N) is 2. The third kappa shape index (κ3) is 3.20. The zero-order chi connectivity index (χ0) is 21.1. The number of hydrogen-bond donors (Lipinski definition) is 1. The molecule has 0 spiro atoms. The van der Waals surface area contributed by atoms with Gasteiger partial charge in [0.25, 0.3) is 5.56 Å². The van der Waals surface area contributed by atoms with Gasteiger partial charge in [0.15, 0.2) is 0 Å². The first-order chi connectivity index (χ1) is 14.3. The smallest absolute Gasteiger partial charge is 0.312 e. The van der Waals surface area contributed by atoms with Crippen LogP contribution in [0.4, 0.5) is 0 Å². The normalized spacial score (nSPS) is 31.7. The Morgan fingerprint density at radius 1 is 1.23 bits per heavy atom. The van der Waals surface area contributed by atoms with Crippen LogP contribution in [0.15, 0.2) is 29.2 Å². The molecule has 4 fully saturated rings. The van der Waals surface area contributed by atoms with E-state index in [1.165, 1.54) is 10.5 Å². The minimum absolute atomic E-state index is 0.0112. The fourth-order valence-corrected chi connectivity index (χ4v) is 6.65. The Kier molecular flexibility index (Phi) is 4.27. The molecule has 2 heterocycles. The molecule has 0 aromatic carbocycles. The second-order valence-electron chi connectivity index (χ2n) is 9.80. The average Bonchev–Trinajstić information content (AvgIpc) is 2.64. The summed E-state index contributed by atoms with van der Waals surface area (Å²) in [6.07, 6.45) is 7.11. The van der Waals surface area contributed by atoms with Gasteiger partial charge >= 0.3 is 5.97 Å². The average molecular weight is 409 g/mol. The van der Waals surface area contributed by atoms with Gasteiger partial charge < -0.3 is 10.1 Å². The Morgan fingerprint density at radius 2 is 1.97 bits per heavy atom. The highest BCUT2D eigenvalue weighted by Gasteiger charge is 2.61. The van der Waals surface area contributed by atoms with Crippen molar-refractivity contribution < 1.29 is 14.3 Å². The number of pyridine rings is 1. The standard InChI is InChI=1S/C23H27N3O4/c1-14-3-4-19-24-18(6-20(28)26(19)11-14)12-30-21(29)22-7-16-5-17(8-22)10-23(9-16,13-22)25-15(2)27/h3-4,6,11,16-17H,5,7-10,12-13H2,1-2H3,(H,25,27). The number of aromatic nitrogens is 2. The third-order valence-electron chi connectivity index (χ3n) is 7.15. The topological polar surface area (TPSA) is 89.8 Å². The molecule has 2 atom stereocenters. The van der Waals surface area contributed by atoms with Crippen LogP contribution >= 0.6 is 0 Å². The number of fused-ring (bicyclic) bond motifs is 1. The van der Waals surface area contributed by atoms with Crippen molar-refractivity contribution in [3.8, 4) is 0 Å². The maximum Gasteiger partial charge on any atom is 0.312 e. The lowest BCUT2D eigenvalue weighted by Gasteiger charge is -2.60. The van der Waals surface area contributed by atoms with Crippen molar-refractivity contribution in [1.29, 1.82) is 0 Å².